The summed E-state index contributed by atoms with van der Waals surface area (Å²) in [5.41, 5.74) is 1.23. The third kappa shape index (κ3) is 5.49. The van der Waals surface area contributed by atoms with Crippen molar-refractivity contribution in [2.75, 3.05) is 19.7 Å². The topological polar surface area (TPSA) is 55.8 Å². The summed E-state index contributed by atoms with van der Waals surface area (Å²) in [5.74, 6) is 0.336. The Kier molecular flexibility index (Phi) is 6.93. The molecule has 28 heavy (non-hydrogen) atoms. The minimum atomic E-state index is -0.564. The largest absolute Gasteiger partial charge is 0.488 e. The summed E-state index contributed by atoms with van der Waals surface area (Å²) < 4.78 is 11.0. The summed E-state index contributed by atoms with van der Waals surface area (Å²) in [6.45, 7) is 3.67. The molecule has 1 amide bonds. The first-order valence-corrected chi connectivity index (χ1v) is 9.82. The summed E-state index contributed by atoms with van der Waals surface area (Å²) >= 11 is 5.89. The quantitative estimate of drug-likeness (QED) is 0.676. The molecule has 2 aromatic carbocycles. The van der Waals surface area contributed by atoms with Crippen LogP contribution in [-0.2, 0) is 16.1 Å². The summed E-state index contributed by atoms with van der Waals surface area (Å²) in [7, 11) is 0. The fraction of sp³-hybridized carbons (Fsp3) is 0.364. The molecule has 1 saturated heterocycles. The van der Waals surface area contributed by atoms with E-state index in [1.807, 2.05) is 12.1 Å². The van der Waals surface area contributed by atoms with Crippen molar-refractivity contribution in [2.45, 2.75) is 26.4 Å². The van der Waals surface area contributed by atoms with E-state index in [4.69, 9.17) is 21.1 Å². The van der Waals surface area contributed by atoms with E-state index in [9.17, 15) is 9.59 Å². The lowest BCUT2D eigenvalue weighted by Gasteiger charge is -2.30. The average molecular weight is 402 g/mol. The molecule has 0 aliphatic carbocycles. The number of carbonyl (C=O) groups is 2. The monoisotopic (exact) mass is 401 g/mol. The molecular formula is C22H24ClNO4. The van der Waals surface area contributed by atoms with Crippen LogP contribution >= 0.6 is 11.6 Å². The highest BCUT2D eigenvalue weighted by Crippen LogP contribution is 2.21. The lowest BCUT2D eigenvalue weighted by molar-refractivity contribution is -0.135. The SMILES string of the molecule is CC1CCN(C(=O)COC(=O)c2ccccc2OCc2ccc(Cl)cc2)CC1. The van der Waals surface area contributed by atoms with Gasteiger partial charge in [0.25, 0.3) is 5.91 Å². The first-order chi connectivity index (χ1) is 13.5. The molecule has 2 aromatic rings. The van der Waals surface area contributed by atoms with Crippen molar-refractivity contribution < 1.29 is 19.1 Å². The molecule has 1 aliphatic rings. The number of piperidine rings is 1. The Balaban J connectivity index is 1.56. The number of hydrogen-bond acceptors (Lipinski definition) is 4. The second-order valence-corrected chi connectivity index (χ2v) is 7.49. The highest BCUT2D eigenvalue weighted by molar-refractivity contribution is 6.30. The molecule has 3 rings (SSSR count). The van der Waals surface area contributed by atoms with Crippen LogP contribution in [0.4, 0.5) is 0 Å². The van der Waals surface area contributed by atoms with Crippen LogP contribution in [0.1, 0.15) is 35.7 Å². The number of likely N-dealkylation sites (tertiary alicyclic amines) is 1. The Morgan fingerprint density at radius 1 is 1.07 bits per heavy atom. The number of benzene rings is 2. The van der Waals surface area contributed by atoms with Gasteiger partial charge in [-0.2, -0.15) is 0 Å². The highest BCUT2D eigenvalue weighted by Gasteiger charge is 2.22. The number of rotatable bonds is 6. The fourth-order valence-corrected chi connectivity index (χ4v) is 3.18. The molecular weight excluding hydrogens is 378 g/mol. The maximum Gasteiger partial charge on any atom is 0.342 e. The molecule has 6 heteroatoms. The predicted molar refractivity (Wildman–Crippen MR) is 107 cm³/mol. The van der Waals surface area contributed by atoms with Crippen LogP contribution in [0.5, 0.6) is 5.75 Å². The molecule has 0 N–H and O–H groups in total. The zero-order valence-corrected chi connectivity index (χ0v) is 16.7. The molecule has 0 unspecified atom stereocenters. The number of amides is 1. The Hall–Kier alpha value is -2.53. The zero-order valence-electron chi connectivity index (χ0n) is 15.9. The summed E-state index contributed by atoms with van der Waals surface area (Å²) in [6, 6.07) is 14.2. The van der Waals surface area contributed by atoms with Gasteiger partial charge in [-0.15, -0.1) is 0 Å². The Morgan fingerprint density at radius 3 is 2.46 bits per heavy atom. The predicted octanol–water partition coefficient (Wildman–Crippen LogP) is 4.33. The Bertz CT molecular complexity index is 814. The summed E-state index contributed by atoms with van der Waals surface area (Å²) in [4.78, 5) is 26.5. The van der Waals surface area contributed by atoms with Gasteiger partial charge < -0.3 is 14.4 Å². The van der Waals surface area contributed by atoms with Gasteiger partial charge in [-0.25, -0.2) is 4.79 Å². The van der Waals surface area contributed by atoms with E-state index in [0.29, 0.717) is 28.9 Å². The van der Waals surface area contributed by atoms with Gasteiger partial charge in [-0.3, -0.25) is 4.79 Å². The first kappa shape index (κ1) is 20.2. The van der Waals surface area contributed by atoms with Crippen molar-refractivity contribution in [2.24, 2.45) is 5.92 Å². The van der Waals surface area contributed by atoms with Crippen molar-refractivity contribution in [3.8, 4) is 5.75 Å². The van der Waals surface area contributed by atoms with Crippen LogP contribution in [0.15, 0.2) is 48.5 Å². The molecule has 0 saturated carbocycles. The summed E-state index contributed by atoms with van der Waals surface area (Å²) in [6.07, 6.45) is 1.97. The molecule has 0 radical (unpaired) electrons. The zero-order chi connectivity index (χ0) is 19.9. The molecule has 0 bridgehead atoms. The van der Waals surface area contributed by atoms with Crippen molar-refractivity contribution in [1.82, 2.24) is 4.90 Å². The van der Waals surface area contributed by atoms with Crippen molar-refractivity contribution in [3.63, 3.8) is 0 Å². The summed E-state index contributed by atoms with van der Waals surface area (Å²) in [5, 5.41) is 0.653. The fourth-order valence-electron chi connectivity index (χ4n) is 3.06. The third-order valence-corrected chi connectivity index (χ3v) is 5.13. The molecule has 0 aromatic heterocycles. The Labute approximate surface area is 170 Å². The molecule has 1 heterocycles. The van der Waals surface area contributed by atoms with E-state index in [-0.39, 0.29) is 12.5 Å². The van der Waals surface area contributed by atoms with Crippen molar-refractivity contribution >= 4 is 23.5 Å². The van der Waals surface area contributed by atoms with E-state index in [2.05, 4.69) is 6.92 Å². The van der Waals surface area contributed by atoms with E-state index in [0.717, 1.165) is 31.5 Å². The van der Waals surface area contributed by atoms with Gasteiger partial charge in [0.1, 0.15) is 17.9 Å². The second kappa shape index (κ2) is 9.60. The number of nitrogens with zero attached hydrogens (tertiary/aromatic N) is 1. The third-order valence-electron chi connectivity index (χ3n) is 4.88. The van der Waals surface area contributed by atoms with Gasteiger partial charge in [0, 0.05) is 18.1 Å². The Morgan fingerprint density at radius 2 is 1.75 bits per heavy atom. The van der Waals surface area contributed by atoms with E-state index in [1.54, 1.807) is 41.3 Å². The van der Waals surface area contributed by atoms with Gasteiger partial charge >= 0.3 is 5.97 Å². The van der Waals surface area contributed by atoms with Crippen LogP contribution in [0.25, 0.3) is 0 Å². The molecule has 0 spiro atoms. The first-order valence-electron chi connectivity index (χ1n) is 9.44. The van der Waals surface area contributed by atoms with E-state index in [1.165, 1.54) is 0 Å². The highest BCUT2D eigenvalue weighted by atomic mass is 35.5. The smallest absolute Gasteiger partial charge is 0.342 e. The molecule has 1 fully saturated rings. The van der Waals surface area contributed by atoms with Crippen LogP contribution in [0.3, 0.4) is 0 Å². The molecule has 0 atom stereocenters. The number of esters is 1. The lowest BCUT2D eigenvalue weighted by Crippen LogP contribution is -2.40. The molecule has 148 valence electrons. The van der Waals surface area contributed by atoms with Crippen molar-refractivity contribution in [3.05, 3.63) is 64.7 Å². The van der Waals surface area contributed by atoms with E-state index < -0.39 is 5.97 Å². The number of para-hydroxylation sites is 1. The number of halogens is 1. The average Bonchev–Trinajstić information content (AvgIpc) is 2.72. The normalized spacial score (nSPS) is 14.6. The van der Waals surface area contributed by atoms with E-state index >= 15 is 0 Å². The van der Waals surface area contributed by atoms with Crippen molar-refractivity contribution in [1.29, 1.82) is 0 Å². The van der Waals surface area contributed by atoms with Gasteiger partial charge in [0.05, 0.1) is 0 Å². The number of hydrogen-bond donors (Lipinski definition) is 0. The minimum absolute atomic E-state index is 0.153. The van der Waals surface area contributed by atoms with Gasteiger partial charge in [0.2, 0.25) is 0 Å². The second-order valence-electron chi connectivity index (χ2n) is 7.05. The lowest BCUT2D eigenvalue weighted by atomic mass is 9.99. The minimum Gasteiger partial charge on any atom is -0.488 e. The van der Waals surface area contributed by atoms with Gasteiger partial charge in [-0.1, -0.05) is 42.8 Å². The molecule has 5 nitrogen and oxygen atoms in total. The maximum atomic E-state index is 12.5. The van der Waals surface area contributed by atoms with Crippen LogP contribution < -0.4 is 4.74 Å². The maximum absolute atomic E-state index is 12.5. The van der Waals surface area contributed by atoms with Gasteiger partial charge in [0.15, 0.2) is 6.61 Å². The number of carbonyl (C=O) groups excluding carboxylic acids is 2. The standard InChI is InChI=1S/C22H24ClNO4/c1-16-10-12-24(13-11-16)21(25)15-28-22(26)19-4-2-3-5-20(19)27-14-17-6-8-18(23)9-7-17/h2-9,16H,10-15H2,1H3. The van der Waals surface area contributed by atoms with Gasteiger partial charge in [-0.05, 0) is 48.6 Å². The number of ether oxygens (including phenoxy) is 2. The van der Waals surface area contributed by atoms with Crippen LogP contribution in [0, 0.1) is 5.92 Å². The van der Waals surface area contributed by atoms with Crippen LogP contribution in [-0.4, -0.2) is 36.5 Å². The van der Waals surface area contributed by atoms with Crippen LogP contribution in [0.2, 0.25) is 5.02 Å². The molecule has 1 aliphatic heterocycles.